The number of ether oxygens (including phenoxy) is 1. The molecular formula is C18H23N3O5S2. The van der Waals surface area contributed by atoms with E-state index in [2.05, 4.69) is 22.3 Å². The van der Waals surface area contributed by atoms with Crippen LogP contribution >= 0.6 is 11.3 Å². The van der Waals surface area contributed by atoms with Crippen LogP contribution in [0.1, 0.15) is 15.8 Å². The van der Waals surface area contributed by atoms with Crippen molar-refractivity contribution in [3.63, 3.8) is 0 Å². The first kappa shape index (κ1) is 20.7. The highest BCUT2D eigenvalue weighted by molar-refractivity contribution is 7.90. The van der Waals surface area contributed by atoms with Crippen molar-refractivity contribution in [1.29, 1.82) is 0 Å². The molecule has 8 nitrogen and oxygen atoms in total. The van der Waals surface area contributed by atoms with Crippen LogP contribution in [0.5, 0.6) is 0 Å². The molecular weight excluding hydrogens is 402 g/mol. The SMILES string of the molecule is Cc1ccc(C(CNc2cccc(S(C)(=O)=O)c2[N+](=O)[O-])N2CCOCC2)s1. The van der Waals surface area contributed by atoms with Crippen molar-refractivity contribution >= 4 is 32.5 Å². The molecule has 0 saturated carbocycles. The monoisotopic (exact) mass is 425 g/mol. The predicted molar refractivity (Wildman–Crippen MR) is 109 cm³/mol. The standard InChI is InChI=1S/C18H23N3O5S2/c1-13-6-7-16(27-13)15(20-8-10-26-11-9-20)12-19-14-4-3-5-17(28(2,24)25)18(14)21(22)23/h3-7,15,19H,8-12H2,1-2H3. The normalized spacial score (nSPS) is 16.6. The minimum absolute atomic E-state index is 0.0177. The maximum absolute atomic E-state index is 12.0. The van der Waals surface area contributed by atoms with E-state index in [4.69, 9.17) is 4.74 Å². The van der Waals surface area contributed by atoms with Gasteiger partial charge in [0.15, 0.2) is 9.84 Å². The first-order chi connectivity index (χ1) is 13.3. The number of para-hydroxylation sites is 1. The molecule has 0 spiro atoms. The zero-order valence-corrected chi connectivity index (χ0v) is 17.4. The molecule has 1 aliphatic heterocycles. The summed E-state index contributed by atoms with van der Waals surface area (Å²) in [6.45, 7) is 5.30. The van der Waals surface area contributed by atoms with Gasteiger partial charge in [-0.25, -0.2) is 8.42 Å². The number of hydrogen-bond acceptors (Lipinski definition) is 8. The lowest BCUT2D eigenvalue weighted by molar-refractivity contribution is -0.386. The van der Waals surface area contributed by atoms with Gasteiger partial charge in [0.2, 0.25) is 0 Å². The number of anilines is 1. The number of nitrogens with zero attached hydrogens (tertiary/aromatic N) is 2. The molecule has 0 aliphatic carbocycles. The number of benzene rings is 1. The summed E-state index contributed by atoms with van der Waals surface area (Å²) in [5.41, 5.74) is -0.201. The van der Waals surface area contributed by atoms with Gasteiger partial charge in [-0.1, -0.05) is 6.07 Å². The van der Waals surface area contributed by atoms with Crippen LogP contribution in [-0.4, -0.2) is 57.3 Å². The summed E-state index contributed by atoms with van der Waals surface area (Å²) in [6, 6.07) is 8.47. The minimum Gasteiger partial charge on any atom is -0.379 e. The van der Waals surface area contributed by atoms with E-state index in [1.165, 1.54) is 17.0 Å². The van der Waals surface area contributed by atoms with E-state index < -0.39 is 20.4 Å². The lowest BCUT2D eigenvalue weighted by Crippen LogP contribution is -2.41. The second-order valence-electron chi connectivity index (χ2n) is 6.68. The van der Waals surface area contributed by atoms with Crippen molar-refractivity contribution in [2.45, 2.75) is 17.9 Å². The Morgan fingerprint density at radius 3 is 2.57 bits per heavy atom. The van der Waals surface area contributed by atoms with Crippen LogP contribution in [0.2, 0.25) is 0 Å². The number of hydrogen-bond donors (Lipinski definition) is 1. The molecule has 1 fully saturated rings. The number of nitro benzene ring substituents is 1. The van der Waals surface area contributed by atoms with Gasteiger partial charge >= 0.3 is 5.69 Å². The largest absolute Gasteiger partial charge is 0.379 e. The zero-order chi connectivity index (χ0) is 20.3. The first-order valence-corrected chi connectivity index (χ1v) is 11.6. The Morgan fingerprint density at radius 2 is 2.00 bits per heavy atom. The molecule has 1 aromatic heterocycles. The molecule has 10 heteroatoms. The van der Waals surface area contributed by atoms with Gasteiger partial charge in [0, 0.05) is 35.6 Å². The summed E-state index contributed by atoms with van der Waals surface area (Å²) >= 11 is 1.69. The summed E-state index contributed by atoms with van der Waals surface area (Å²) < 4.78 is 29.4. The highest BCUT2D eigenvalue weighted by Gasteiger charge is 2.28. The molecule has 1 atom stereocenters. The third kappa shape index (κ3) is 4.69. The number of thiophene rings is 1. The van der Waals surface area contributed by atoms with E-state index in [0.717, 1.165) is 24.2 Å². The molecule has 28 heavy (non-hydrogen) atoms. The van der Waals surface area contributed by atoms with E-state index in [-0.39, 0.29) is 16.6 Å². The molecule has 2 aromatic rings. The molecule has 2 heterocycles. The van der Waals surface area contributed by atoms with E-state index in [9.17, 15) is 18.5 Å². The molecule has 152 valence electrons. The number of morpholine rings is 1. The third-order valence-corrected chi connectivity index (χ3v) is 6.87. The summed E-state index contributed by atoms with van der Waals surface area (Å²) in [4.78, 5) is 15.3. The zero-order valence-electron chi connectivity index (χ0n) is 15.8. The Labute approximate surface area is 168 Å². The van der Waals surface area contributed by atoms with E-state index in [1.54, 1.807) is 17.4 Å². The van der Waals surface area contributed by atoms with Crippen LogP contribution in [0, 0.1) is 17.0 Å². The van der Waals surface area contributed by atoms with Gasteiger partial charge in [-0.2, -0.15) is 0 Å². The van der Waals surface area contributed by atoms with E-state index in [0.29, 0.717) is 19.8 Å². The molecule has 1 aromatic carbocycles. The van der Waals surface area contributed by atoms with Crippen LogP contribution in [0.4, 0.5) is 11.4 Å². The van der Waals surface area contributed by atoms with Gasteiger partial charge in [0.05, 0.1) is 24.2 Å². The molecule has 0 bridgehead atoms. The molecule has 1 aliphatic rings. The van der Waals surface area contributed by atoms with Gasteiger partial charge in [-0.3, -0.25) is 15.0 Å². The number of sulfone groups is 1. The molecule has 0 amide bonds. The van der Waals surface area contributed by atoms with Crippen molar-refractivity contribution < 1.29 is 18.1 Å². The van der Waals surface area contributed by atoms with Crippen LogP contribution < -0.4 is 5.32 Å². The lowest BCUT2D eigenvalue weighted by atomic mass is 10.1. The Morgan fingerprint density at radius 1 is 1.29 bits per heavy atom. The number of rotatable bonds is 7. The topological polar surface area (TPSA) is 102 Å². The lowest BCUT2D eigenvalue weighted by Gasteiger charge is -2.34. The number of nitro groups is 1. The van der Waals surface area contributed by atoms with Crippen molar-refractivity contribution in [2.75, 3.05) is 44.4 Å². The number of nitrogens with one attached hydrogen (secondary N) is 1. The van der Waals surface area contributed by atoms with Crippen LogP contribution in [0.3, 0.4) is 0 Å². The van der Waals surface area contributed by atoms with Gasteiger partial charge < -0.3 is 10.1 Å². The van der Waals surface area contributed by atoms with Crippen LogP contribution in [0.25, 0.3) is 0 Å². The molecule has 0 radical (unpaired) electrons. The van der Waals surface area contributed by atoms with Crippen molar-refractivity contribution in [3.05, 3.63) is 50.2 Å². The summed E-state index contributed by atoms with van der Waals surface area (Å²) in [7, 11) is -3.72. The highest BCUT2D eigenvalue weighted by atomic mass is 32.2. The fourth-order valence-corrected chi connectivity index (χ4v) is 5.16. The summed E-state index contributed by atoms with van der Waals surface area (Å²) in [5, 5.41) is 14.7. The Kier molecular flexibility index (Phi) is 6.33. The van der Waals surface area contributed by atoms with Crippen LogP contribution in [0.15, 0.2) is 35.2 Å². The second kappa shape index (κ2) is 8.56. The number of aryl methyl sites for hydroxylation is 1. The molecule has 1 saturated heterocycles. The van der Waals surface area contributed by atoms with Gasteiger partial charge in [-0.15, -0.1) is 11.3 Å². The Balaban J connectivity index is 1.90. The molecule has 1 unspecified atom stereocenters. The predicted octanol–water partition coefficient (Wildman–Crippen LogP) is 2.85. The van der Waals surface area contributed by atoms with Gasteiger partial charge in [0.1, 0.15) is 10.6 Å². The van der Waals surface area contributed by atoms with Gasteiger partial charge in [-0.05, 0) is 31.2 Å². The third-order valence-electron chi connectivity index (χ3n) is 4.64. The maximum Gasteiger partial charge on any atom is 0.310 e. The average Bonchev–Trinajstić information content (AvgIpc) is 3.07. The highest BCUT2D eigenvalue weighted by Crippen LogP contribution is 2.34. The van der Waals surface area contributed by atoms with E-state index >= 15 is 0 Å². The Bertz CT molecular complexity index is 952. The van der Waals surface area contributed by atoms with Crippen molar-refractivity contribution in [1.82, 2.24) is 4.90 Å². The quantitative estimate of drug-likeness (QED) is 0.537. The van der Waals surface area contributed by atoms with Crippen LogP contribution in [-0.2, 0) is 14.6 Å². The summed E-state index contributed by atoms with van der Waals surface area (Å²) in [5.74, 6) is 0. The van der Waals surface area contributed by atoms with Crippen molar-refractivity contribution in [2.24, 2.45) is 0 Å². The Hall–Kier alpha value is -2.01. The van der Waals surface area contributed by atoms with Crippen molar-refractivity contribution in [3.8, 4) is 0 Å². The van der Waals surface area contributed by atoms with Gasteiger partial charge in [0.25, 0.3) is 0 Å². The molecule has 1 N–H and O–H groups in total. The first-order valence-electron chi connectivity index (χ1n) is 8.87. The minimum atomic E-state index is -3.72. The second-order valence-corrected chi connectivity index (χ2v) is 9.98. The summed E-state index contributed by atoms with van der Waals surface area (Å²) in [6.07, 6.45) is 0.976. The maximum atomic E-state index is 12.0. The fourth-order valence-electron chi connectivity index (χ4n) is 3.29. The van der Waals surface area contributed by atoms with E-state index in [1.807, 2.05) is 6.92 Å². The average molecular weight is 426 g/mol. The smallest absolute Gasteiger partial charge is 0.310 e. The molecule has 3 rings (SSSR count). The fraction of sp³-hybridized carbons (Fsp3) is 0.444.